The largest absolute Gasteiger partial charge is 0.493 e. The van der Waals surface area contributed by atoms with Gasteiger partial charge < -0.3 is 19.5 Å². The minimum Gasteiger partial charge on any atom is -0.493 e. The van der Waals surface area contributed by atoms with Crippen molar-refractivity contribution in [3.8, 4) is 28.5 Å². The summed E-state index contributed by atoms with van der Waals surface area (Å²) in [6.07, 6.45) is 3.47. The summed E-state index contributed by atoms with van der Waals surface area (Å²) >= 11 is 0. The molecular formula is C20H19N5O4. The quantitative estimate of drug-likeness (QED) is 0.522. The Morgan fingerprint density at radius 2 is 1.79 bits per heavy atom. The molecule has 0 radical (unpaired) electrons. The first-order chi connectivity index (χ1) is 14.1. The third-order valence-electron chi connectivity index (χ3n) is 4.44. The Balaban J connectivity index is 1.59. The molecule has 1 amide bonds. The lowest BCUT2D eigenvalue weighted by molar-refractivity contribution is 0.102. The average molecular weight is 393 g/mol. The van der Waals surface area contributed by atoms with Gasteiger partial charge in [-0.2, -0.15) is 10.2 Å². The molecule has 0 saturated heterocycles. The maximum absolute atomic E-state index is 12.6. The molecule has 0 aliphatic rings. The standard InChI is InChI=1S/C20H19N5O4/c1-27-17-8-12(9-18(28-2)19(17)29-3)15-11-16(24-23-15)20(26)22-13-5-7-25-14(10-13)4-6-21-25/h4-11H,1-3H3,(H,22,26)(H,23,24). The molecule has 9 nitrogen and oxygen atoms in total. The molecule has 0 bridgehead atoms. The number of anilines is 1. The minimum absolute atomic E-state index is 0.306. The van der Waals surface area contributed by atoms with Gasteiger partial charge in [-0.1, -0.05) is 0 Å². The second-order valence-electron chi connectivity index (χ2n) is 6.15. The van der Waals surface area contributed by atoms with Crippen LogP contribution in [-0.4, -0.2) is 47.0 Å². The number of carbonyl (C=O) groups excluding carboxylic acids is 1. The average Bonchev–Trinajstić information content (AvgIpc) is 3.41. The predicted octanol–water partition coefficient (Wildman–Crippen LogP) is 3.00. The van der Waals surface area contributed by atoms with Gasteiger partial charge in [-0.15, -0.1) is 0 Å². The third-order valence-corrected chi connectivity index (χ3v) is 4.44. The van der Waals surface area contributed by atoms with E-state index in [4.69, 9.17) is 14.2 Å². The van der Waals surface area contributed by atoms with Crippen molar-refractivity contribution >= 4 is 17.1 Å². The summed E-state index contributed by atoms with van der Waals surface area (Å²) in [6.45, 7) is 0. The van der Waals surface area contributed by atoms with Crippen molar-refractivity contribution in [2.75, 3.05) is 26.6 Å². The summed E-state index contributed by atoms with van der Waals surface area (Å²) in [7, 11) is 4.63. The van der Waals surface area contributed by atoms with E-state index in [1.807, 2.05) is 12.1 Å². The van der Waals surface area contributed by atoms with Gasteiger partial charge in [0.2, 0.25) is 5.75 Å². The fourth-order valence-corrected chi connectivity index (χ4v) is 3.01. The molecule has 2 N–H and O–H groups in total. The van der Waals surface area contributed by atoms with Gasteiger partial charge in [0.05, 0.1) is 32.5 Å². The van der Waals surface area contributed by atoms with E-state index in [2.05, 4.69) is 20.6 Å². The van der Waals surface area contributed by atoms with Gasteiger partial charge in [0.25, 0.3) is 5.91 Å². The number of rotatable bonds is 6. The van der Waals surface area contributed by atoms with Crippen molar-refractivity contribution in [1.82, 2.24) is 19.8 Å². The number of pyridine rings is 1. The lowest BCUT2D eigenvalue weighted by Crippen LogP contribution is -2.12. The first-order valence-electron chi connectivity index (χ1n) is 8.73. The van der Waals surface area contributed by atoms with Gasteiger partial charge in [0.15, 0.2) is 11.5 Å². The summed E-state index contributed by atoms with van der Waals surface area (Å²) < 4.78 is 17.8. The number of hydrogen-bond acceptors (Lipinski definition) is 6. The zero-order valence-corrected chi connectivity index (χ0v) is 16.1. The number of amides is 1. The van der Waals surface area contributed by atoms with Crippen LogP contribution >= 0.6 is 0 Å². The normalized spacial score (nSPS) is 10.7. The van der Waals surface area contributed by atoms with E-state index in [0.29, 0.717) is 34.3 Å². The van der Waals surface area contributed by atoms with Gasteiger partial charge in [0, 0.05) is 23.6 Å². The Morgan fingerprint density at radius 1 is 1.03 bits per heavy atom. The number of benzene rings is 1. The van der Waals surface area contributed by atoms with Crippen molar-refractivity contribution < 1.29 is 19.0 Å². The van der Waals surface area contributed by atoms with Crippen LogP contribution in [0.5, 0.6) is 17.2 Å². The van der Waals surface area contributed by atoms with Crippen LogP contribution in [0.25, 0.3) is 16.8 Å². The monoisotopic (exact) mass is 393 g/mol. The highest BCUT2D eigenvalue weighted by atomic mass is 16.5. The lowest BCUT2D eigenvalue weighted by atomic mass is 10.1. The number of fused-ring (bicyclic) bond motifs is 1. The first-order valence-corrected chi connectivity index (χ1v) is 8.73. The molecule has 0 saturated carbocycles. The Bertz CT molecular complexity index is 1160. The summed E-state index contributed by atoms with van der Waals surface area (Å²) in [5.74, 6) is 1.19. The Hall–Kier alpha value is -4.01. The second kappa shape index (κ2) is 7.55. The molecule has 0 spiro atoms. The number of hydrogen-bond donors (Lipinski definition) is 2. The molecule has 148 valence electrons. The molecule has 3 aromatic heterocycles. The maximum Gasteiger partial charge on any atom is 0.273 e. The predicted molar refractivity (Wildman–Crippen MR) is 107 cm³/mol. The molecule has 0 aliphatic carbocycles. The fraction of sp³-hybridized carbons (Fsp3) is 0.150. The number of methoxy groups -OCH3 is 3. The molecular weight excluding hydrogens is 374 g/mol. The Labute approximate surface area is 166 Å². The van der Waals surface area contributed by atoms with E-state index in [1.54, 1.807) is 62.5 Å². The lowest BCUT2D eigenvalue weighted by Gasteiger charge is -2.13. The van der Waals surface area contributed by atoms with Gasteiger partial charge >= 0.3 is 0 Å². The van der Waals surface area contributed by atoms with E-state index in [-0.39, 0.29) is 5.91 Å². The highest BCUT2D eigenvalue weighted by Gasteiger charge is 2.17. The van der Waals surface area contributed by atoms with E-state index in [1.165, 1.54) is 0 Å². The van der Waals surface area contributed by atoms with Crippen molar-refractivity contribution in [1.29, 1.82) is 0 Å². The number of nitrogens with one attached hydrogen (secondary N) is 2. The highest BCUT2D eigenvalue weighted by molar-refractivity contribution is 6.03. The number of nitrogens with zero attached hydrogens (tertiary/aromatic N) is 3. The molecule has 3 heterocycles. The van der Waals surface area contributed by atoms with Gasteiger partial charge in [-0.25, -0.2) is 4.52 Å². The van der Waals surface area contributed by atoms with E-state index in [9.17, 15) is 4.79 Å². The second-order valence-corrected chi connectivity index (χ2v) is 6.15. The molecule has 0 aliphatic heterocycles. The zero-order chi connectivity index (χ0) is 20.4. The summed E-state index contributed by atoms with van der Waals surface area (Å²) in [6, 6.07) is 10.7. The minimum atomic E-state index is -0.306. The summed E-state index contributed by atoms with van der Waals surface area (Å²) in [5.41, 5.74) is 3.15. The van der Waals surface area contributed by atoms with Crippen LogP contribution in [0.15, 0.2) is 48.8 Å². The Kier molecular flexibility index (Phi) is 4.78. The van der Waals surface area contributed by atoms with E-state index in [0.717, 1.165) is 11.1 Å². The highest BCUT2D eigenvalue weighted by Crippen LogP contribution is 2.40. The van der Waals surface area contributed by atoms with Crippen molar-refractivity contribution in [2.24, 2.45) is 0 Å². The van der Waals surface area contributed by atoms with Gasteiger partial charge in [0.1, 0.15) is 5.69 Å². The molecule has 0 unspecified atom stereocenters. The molecule has 4 aromatic rings. The molecule has 4 rings (SSSR count). The number of carbonyl (C=O) groups is 1. The van der Waals surface area contributed by atoms with Crippen LogP contribution in [-0.2, 0) is 0 Å². The van der Waals surface area contributed by atoms with Crippen LogP contribution in [0.2, 0.25) is 0 Å². The van der Waals surface area contributed by atoms with Crippen molar-refractivity contribution in [3.63, 3.8) is 0 Å². The van der Waals surface area contributed by atoms with Crippen LogP contribution in [0.4, 0.5) is 5.69 Å². The fourth-order valence-electron chi connectivity index (χ4n) is 3.01. The molecule has 29 heavy (non-hydrogen) atoms. The van der Waals surface area contributed by atoms with E-state index >= 15 is 0 Å². The van der Waals surface area contributed by atoms with E-state index < -0.39 is 0 Å². The number of aromatic nitrogens is 4. The smallest absolute Gasteiger partial charge is 0.273 e. The molecule has 0 atom stereocenters. The zero-order valence-electron chi connectivity index (χ0n) is 16.1. The molecule has 0 fully saturated rings. The third kappa shape index (κ3) is 3.45. The van der Waals surface area contributed by atoms with Crippen molar-refractivity contribution in [3.05, 3.63) is 54.5 Å². The Morgan fingerprint density at radius 3 is 2.48 bits per heavy atom. The first kappa shape index (κ1) is 18.4. The van der Waals surface area contributed by atoms with Crippen molar-refractivity contribution in [2.45, 2.75) is 0 Å². The number of ether oxygens (including phenoxy) is 3. The van der Waals surface area contributed by atoms with Gasteiger partial charge in [-0.3, -0.25) is 9.89 Å². The topological polar surface area (TPSA) is 103 Å². The van der Waals surface area contributed by atoms with Crippen LogP contribution in [0, 0.1) is 0 Å². The van der Waals surface area contributed by atoms with Crippen LogP contribution < -0.4 is 19.5 Å². The summed E-state index contributed by atoms with van der Waals surface area (Å²) in [5, 5.41) is 14.0. The molecule has 9 heteroatoms. The molecule has 1 aromatic carbocycles. The van der Waals surface area contributed by atoms with Crippen LogP contribution in [0.3, 0.4) is 0 Å². The summed E-state index contributed by atoms with van der Waals surface area (Å²) in [4.78, 5) is 12.6. The van der Waals surface area contributed by atoms with Crippen LogP contribution in [0.1, 0.15) is 10.5 Å². The SMILES string of the molecule is COc1cc(-c2cc(C(=O)Nc3ccn4nccc4c3)[nH]n2)cc(OC)c1OC. The maximum atomic E-state index is 12.6. The number of aromatic amines is 1. The van der Waals surface area contributed by atoms with Gasteiger partial charge in [-0.05, 0) is 36.4 Å². The number of H-pyrrole nitrogens is 1.